The van der Waals surface area contributed by atoms with Crippen molar-refractivity contribution in [1.82, 2.24) is 0 Å². The predicted molar refractivity (Wildman–Crippen MR) is 72.1 cm³/mol. The van der Waals surface area contributed by atoms with Gasteiger partial charge in [-0.05, 0) is 36.8 Å². The number of nitro groups is 1. The van der Waals surface area contributed by atoms with Crippen molar-refractivity contribution in [3.05, 3.63) is 69.3 Å². The van der Waals surface area contributed by atoms with E-state index < -0.39 is 28.2 Å². The van der Waals surface area contributed by atoms with Crippen LogP contribution in [-0.4, -0.2) is 10.8 Å². The summed E-state index contributed by atoms with van der Waals surface area (Å²) in [5.74, 6) is -2.05. The van der Waals surface area contributed by atoms with Gasteiger partial charge in [-0.3, -0.25) is 14.9 Å². The zero-order chi connectivity index (χ0) is 15.6. The second-order valence-electron chi connectivity index (χ2n) is 4.34. The maximum Gasteiger partial charge on any atom is 0.304 e. The van der Waals surface area contributed by atoms with Crippen molar-refractivity contribution in [1.29, 1.82) is 0 Å². The third kappa shape index (κ3) is 3.19. The average molecular weight is 292 g/mol. The minimum absolute atomic E-state index is 0.0741. The Hall–Kier alpha value is -2.83. The number of hydrogen-bond acceptors (Lipinski definition) is 3. The summed E-state index contributed by atoms with van der Waals surface area (Å²) < 4.78 is 26.5. The molecule has 0 saturated heterocycles. The van der Waals surface area contributed by atoms with Crippen LogP contribution in [0.3, 0.4) is 0 Å². The molecule has 0 saturated carbocycles. The Labute approximate surface area is 118 Å². The molecule has 2 rings (SSSR count). The van der Waals surface area contributed by atoms with Crippen LogP contribution in [-0.2, 0) is 0 Å². The lowest BCUT2D eigenvalue weighted by Gasteiger charge is -2.06. The Kier molecular flexibility index (Phi) is 3.93. The fourth-order valence-corrected chi connectivity index (χ4v) is 1.72. The van der Waals surface area contributed by atoms with E-state index in [1.165, 1.54) is 25.1 Å². The molecule has 1 amide bonds. The van der Waals surface area contributed by atoms with Crippen LogP contribution >= 0.6 is 0 Å². The standard InChI is InChI=1S/C14H10F2N2O3/c1-8-6-9(2-4-11(8)15)14(19)17-10-3-5-13(18(20)21)12(16)7-10/h2-7H,1H3,(H,17,19). The number of carbonyl (C=O) groups excluding carboxylic acids is 1. The average Bonchev–Trinajstić information content (AvgIpc) is 2.41. The molecule has 7 heteroatoms. The number of nitro benzene ring substituents is 1. The lowest BCUT2D eigenvalue weighted by atomic mass is 10.1. The molecular formula is C14H10F2N2O3. The zero-order valence-corrected chi connectivity index (χ0v) is 10.9. The third-order valence-electron chi connectivity index (χ3n) is 2.82. The van der Waals surface area contributed by atoms with Crippen LogP contribution in [0.5, 0.6) is 0 Å². The highest BCUT2D eigenvalue weighted by Gasteiger charge is 2.15. The smallest absolute Gasteiger partial charge is 0.304 e. The molecule has 0 aromatic heterocycles. The number of amides is 1. The molecule has 108 valence electrons. The predicted octanol–water partition coefficient (Wildman–Crippen LogP) is 3.43. The maximum atomic E-state index is 13.4. The molecule has 0 atom stereocenters. The molecule has 0 bridgehead atoms. The fraction of sp³-hybridized carbons (Fsp3) is 0.0714. The van der Waals surface area contributed by atoms with Gasteiger partial charge < -0.3 is 5.32 Å². The van der Waals surface area contributed by atoms with Crippen LogP contribution in [0.4, 0.5) is 20.2 Å². The largest absolute Gasteiger partial charge is 0.322 e. The summed E-state index contributed by atoms with van der Waals surface area (Å²) in [4.78, 5) is 21.5. The quantitative estimate of drug-likeness (QED) is 0.695. The Balaban J connectivity index is 2.21. The van der Waals surface area contributed by atoms with E-state index in [9.17, 15) is 23.7 Å². The van der Waals surface area contributed by atoms with E-state index in [0.29, 0.717) is 5.56 Å². The van der Waals surface area contributed by atoms with Crippen molar-refractivity contribution in [2.24, 2.45) is 0 Å². The lowest BCUT2D eigenvalue weighted by molar-refractivity contribution is -0.387. The normalized spacial score (nSPS) is 10.2. The number of benzene rings is 2. The van der Waals surface area contributed by atoms with E-state index in [1.54, 1.807) is 0 Å². The number of aryl methyl sites for hydroxylation is 1. The van der Waals surface area contributed by atoms with Crippen LogP contribution in [0, 0.1) is 28.7 Å². The highest BCUT2D eigenvalue weighted by Crippen LogP contribution is 2.21. The molecule has 0 aliphatic heterocycles. The third-order valence-corrected chi connectivity index (χ3v) is 2.82. The first kappa shape index (κ1) is 14.6. The van der Waals surface area contributed by atoms with E-state index in [2.05, 4.69) is 5.32 Å². The van der Waals surface area contributed by atoms with E-state index in [1.807, 2.05) is 0 Å². The van der Waals surface area contributed by atoms with Crippen molar-refractivity contribution < 1.29 is 18.5 Å². The van der Waals surface area contributed by atoms with E-state index >= 15 is 0 Å². The summed E-state index contributed by atoms with van der Waals surface area (Å²) >= 11 is 0. The van der Waals surface area contributed by atoms with Gasteiger partial charge in [0.2, 0.25) is 5.82 Å². The van der Waals surface area contributed by atoms with E-state index in [-0.39, 0.29) is 11.3 Å². The van der Waals surface area contributed by atoms with Gasteiger partial charge in [0, 0.05) is 23.4 Å². The Bertz CT molecular complexity index is 732. The SMILES string of the molecule is Cc1cc(C(=O)Nc2ccc([N+](=O)[O-])c(F)c2)ccc1F. The Morgan fingerprint density at radius 2 is 1.86 bits per heavy atom. The van der Waals surface area contributed by atoms with Gasteiger partial charge in [-0.2, -0.15) is 4.39 Å². The molecule has 0 spiro atoms. The number of rotatable bonds is 3. The molecule has 0 radical (unpaired) electrons. The molecule has 5 nitrogen and oxygen atoms in total. The van der Waals surface area contributed by atoms with Crippen molar-refractivity contribution >= 4 is 17.3 Å². The molecule has 2 aromatic rings. The summed E-state index contributed by atoms with van der Waals surface area (Å²) in [6.45, 7) is 1.51. The Morgan fingerprint density at radius 1 is 1.14 bits per heavy atom. The van der Waals surface area contributed by atoms with Gasteiger partial charge in [0.25, 0.3) is 5.91 Å². The molecule has 0 aliphatic carbocycles. The first-order valence-electron chi connectivity index (χ1n) is 5.90. The van der Waals surface area contributed by atoms with Crippen molar-refractivity contribution in [3.8, 4) is 0 Å². The second-order valence-corrected chi connectivity index (χ2v) is 4.34. The molecule has 0 aliphatic rings. The Morgan fingerprint density at radius 3 is 2.43 bits per heavy atom. The van der Waals surface area contributed by atoms with E-state index in [4.69, 9.17) is 0 Å². The monoisotopic (exact) mass is 292 g/mol. The number of hydrogen-bond donors (Lipinski definition) is 1. The van der Waals surface area contributed by atoms with Crippen molar-refractivity contribution in [2.45, 2.75) is 6.92 Å². The first-order chi connectivity index (χ1) is 9.88. The molecule has 21 heavy (non-hydrogen) atoms. The zero-order valence-electron chi connectivity index (χ0n) is 10.9. The summed E-state index contributed by atoms with van der Waals surface area (Å²) in [5.41, 5.74) is -0.0964. The minimum Gasteiger partial charge on any atom is -0.322 e. The highest BCUT2D eigenvalue weighted by atomic mass is 19.1. The maximum absolute atomic E-state index is 13.4. The van der Waals surface area contributed by atoms with Gasteiger partial charge in [0.15, 0.2) is 0 Å². The number of nitrogens with one attached hydrogen (secondary N) is 1. The van der Waals surface area contributed by atoms with Crippen LogP contribution in [0.25, 0.3) is 0 Å². The fourth-order valence-electron chi connectivity index (χ4n) is 1.72. The first-order valence-corrected chi connectivity index (χ1v) is 5.90. The van der Waals surface area contributed by atoms with Gasteiger partial charge in [0.1, 0.15) is 5.82 Å². The number of anilines is 1. The topological polar surface area (TPSA) is 72.2 Å². The minimum atomic E-state index is -1.05. The van der Waals surface area contributed by atoms with Crippen molar-refractivity contribution in [2.75, 3.05) is 5.32 Å². The molecule has 0 fully saturated rings. The highest BCUT2D eigenvalue weighted by molar-refractivity contribution is 6.04. The van der Waals surface area contributed by atoms with Gasteiger partial charge in [0.05, 0.1) is 4.92 Å². The van der Waals surface area contributed by atoms with Crippen LogP contribution in [0.1, 0.15) is 15.9 Å². The molecule has 2 aromatic carbocycles. The summed E-state index contributed by atoms with van der Waals surface area (Å²) in [6.07, 6.45) is 0. The van der Waals surface area contributed by atoms with Gasteiger partial charge in [-0.1, -0.05) is 0 Å². The van der Waals surface area contributed by atoms with Crippen molar-refractivity contribution in [3.63, 3.8) is 0 Å². The molecule has 1 N–H and O–H groups in total. The number of halogens is 2. The van der Waals surface area contributed by atoms with Gasteiger partial charge in [-0.15, -0.1) is 0 Å². The molecule has 0 unspecified atom stereocenters. The van der Waals surface area contributed by atoms with Crippen LogP contribution in [0.15, 0.2) is 36.4 Å². The number of carbonyl (C=O) groups is 1. The number of nitrogens with zero attached hydrogens (tertiary/aromatic N) is 1. The summed E-state index contributed by atoms with van der Waals surface area (Å²) in [5, 5.41) is 12.9. The van der Waals surface area contributed by atoms with Crippen LogP contribution in [0.2, 0.25) is 0 Å². The molecule has 0 heterocycles. The summed E-state index contributed by atoms with van der Waals surface area (Å²) in [6, 6.07) is 6.83. The van der Waals surface area contributed by atoms with E-state index in [0.717, 1.165) is 18.2 Å². The molecular weight excluding hydrogens is 282 g/mol. The summed E-state index contributed by atoms with van der Waals surface area (Å²) in [7, 11) is 0. The van der Waals surface area contributed by atoms with Gasteiger partial charge in [-0.25, -0.2) is 4.39 Å². The van der Waals surface area contributed by atoms with Gasteiger partial charge >= 0.3 is 5.69 Å². The lowest BCUT2D eigenvalue weighted by Crippen LogP contribution is -2.12. The second kappa shape index (κ2) is 5.66. The van der Waals surface area contributed by atoms with Crippen LogP contribution < -0.4 is 5.32 Å².